The lowest BCUT2D eigenvalue weighted by atomic mass is 10.1. The molecular weight excluding hydrogens is 228 g/mol. The van der Waals surface area contributed by atoms with Gasteiger partial charge in [0.05, 0.1) is 11.5 Å². The van der Waals surface area contributed by atoms with E-state index in [0.29, 0.717) is 5.92 Å². The summed E-state index contributed by atoms with van der Waals surface area (Å²) < 4.78 is 5.31. The Morgan fingerprint density at radius 2 is 2.50 bits per heavy atom. The average molecular weight is 246 g/mol. The Balaban J connectivity index is 2.59. The van der Waals surface area contributed by atoms with Crippen LogP contribution in [0.1, 0.15) is 13.3 Å². The van der Waals surface area contributed by atoms with E-state index in [9.17, 15) is 10.1 Å². The van der Waals surface area contributed by atoms with Crippen molar-refractivity contribution in [3.8, 4) is 0 Å². The highest BCUT2D eigenvalue weighted by Crippen LogP contribution is 2.21. The van der Waals surface area contributed by atoms with Crippen LogP contribution in [0.15, 0.2) is 11.2 Å². The van der Waals surface area contributed by atoms with Crippen LogP contribution in [0.2, 0.25) is 0 Å². The Labute approximate surface area is 100.0 Å². The minimum atomic E-state index is -0.389. The molecule has 0 aromatic rings. The van der Waals surface area contributed by atoms with E-state index in [1.807, 2.05) is 18.1 Å². The highest BCUT2D eigenvalue weighted by atomic mass is 32.2. The molecule has 5 nitrogen and oxygen atoms in total. The number of nitrogens with zero attached hydrogens (tertiary/aromatic N) is 2. The number of ether oxygens (including phenoxy) is 1. The lowest BCUT2D eigenvalue weighted by Gasteiger charge is -2.25. The van der Waals surface area contributed by atoms with Crippen LogP contribution in [0, 0.1) is 16.0 Å². The van der Waals surface area contributed by atoms with Crippen molar-refractivity contribution in [2.24, 2.45) is 5.92 Å². The molecule has 0 radical (unpaired) electrons. The predicted octanol–water partition coefficient (Wildman–Crippen LogP) is 1.78. The van der Waals surface area contributed by atoms with Crippen LogP contribution in [0.4, 0.5) is 0 Å². The van der Waals surface area contributed by atoms with Gasteiger partial charge < -0.3 is 9.64 Å². The summed E-state index contributed by atoms with van der Waals surface area (Å²) in [7, 11) is 0. The van der Waals surface area contributed by atoms with E-state index in [4.69, 9.17) is 4.74 Å². The summed E-state index contributed by atoms with van der Waals surface area (Å²) in [6.45, 7) is 5.24. The molecule has 0 aliphatic carbocycles. The highest BCUT2D eigenvalue weighted by molar-refractivity contribution is 8.02. The molecule has 0 amide bonds. The first-order chi connectivity index (χ1) is 7.67. The normalized spacial score (nSPS) is 21.1. The zero-order chi connectivity index (χ0) is 12.0. The molecule has 1 aliphatic rings. The Bertz CT molecular complexity index is 265. The minimum Gasteiger partial charge on any atom is -0.381 e. The second-order valence-electron chi connectivity index (χ2n) is 3.73. The average Bonchev–Trinajstić information content (AvgIpc) is 2.75. The molecule has 1 fully saturated rings. The van der Waals surface area contributed by atoms with Gasteiger partial charge in [0.25, 0.3) is 6.20 Å². The van der Waals surface area contributed by atoms with Crippen molar-refractivity contribution in [3.63, 3.8) is 0 Å². The van der Waals surface area contributed by atoms with Crippen molar-refractivity contribution in [1.82, 2.24) is 4.90 Å². The molecule has 6 heteroatoms. The quantitative estimate of drug-likeness (QED) is 0.528. The van der Waals surface area contributed by atoms with Crippen LogP contribution in [0.25, 0.3) is 0 Å². The van der Waals surface area contributed by atoms with Gasteiger partial charge in [0.2, 0.25) is 0 Å². The van der Waals surface area contributed by atoms with Gasteiger partial charge >= 0.3 is 0 Å². The van der Waals surface area contributed by atoms with E-state index < -0.39 is 0 Å². The molecule has 0 N–H and O–H groups in total. The number of rotatable bonds is 6. The minimum absolute atomic E-state index is 0.389. The van der Waals surface area contributed by atoms with Crippen molar-refractivity contribution in [3.05, 3.63) is 21.3 Å². The molecule has 1 rings (SSSR count). The molecule has 1 atom stereocenters. The van der Waals surface area contributed by atoms with Gasteiger partial charge in [-0.15, -0.1) is 11.8 Å². The maximum absolute atomic E-state index is 10.5. The zero-order valence-corrected chi connectivity index (χ0v) is 10.5. The van der Waals surface area contributed by atoms with Crippen molar-refractivity contribution >= 4 is 11.8 Å². The number of nitro groups is 1. The van der Waals surface area contributed by atoms with Gasteiger partial charge in [-0.3, -0.25) is 10.1 Å². The zero-order valence-electron chi connectivity index (χ0n) is 9.72. The van der Waals surface area contributed by atoms with Crippen molar-refractivity contribution < 1.29 is 9.66 Å². The van der Waals surface area contributed by atoms with Gasteiger partial charge in [0.15, 0.2) is 0 Å². The first-order valence-corrected chi connectivity index (χ1v) is 6.61. The summed E-state index contributed by atoms with van der Waals surface area (Å²) >= 11 is 1.42. The third-order valence-electron chi connectivity index (χ3n) is 2.62. The predicted molar refractivity (Wildman–Crippen MR) is 64.8 cm³/mol. The van der Waals surface area contributed by atoms with Crippen molar-refractivity contribution in [2.75, 3.05) is 32.6 Å². The Kier molecular flexibility index (Phi) is 5.62. The molecule has 1 saturated heterocycles. The van der Waals surface area contributed by atoms with E-state index in [0.717, 1.165) is 44.0 Å². The largest absolute Gasteiger partial charge is 0.381 e. The third kappa shape index (κ3) is 4.02. The summed E-state index contributed by atoms with van der Waals surface area (Å²) in [5.74, 6) is 0.502. The molecule has 1 aliphatic heterocycles. The SMILES string of the molecule is CCN(CC1CCOC1)/C(=C/[N+](=O)[O-])SC. The maximum atomic E-state index is 10.5. The molecule has 0 bridgehead atoms. The van der Waals surface area contributed by atoms with Gasteiger partial charge in [0, 0.05) is 25.6 Å². The van der Waals surface area contributed by atoms with Crippen LogP contribution in [-0.2, 0) is 4.74 Å². The summed E-state index contributed by atoms with van der Waals surface area (Å²) in [5.41, 5.74) is 0. The molecular formula is C10H18N2O3S. The van der Waals surface area contributed by atoms with Crippen LogP contribution >= 0.6 is 11.8 Å². The monoisotopic (exact) mass is 246 g/mol. The van der Waals surface area contributed by atoms with E-state index in [2.05, 4.69) is 0 Å². The second-order valence-corrected chi connectivity index (χ2v) is 4.55. The lowest BCUT2D eigenvalue weighted by molar-refractivity contribution is -0.403. The fraction of sp³-hybridized carbons (Fsp3) is 0.800. The molecule has 1 unspecified atom stereocenters. The van der Waals surface area contributed by atoms with E-state index >= 15 is 0 Å². The molecule has 0 aromatic heterocycles. The lowest BCUT2D eigenvalue weighted by Crippen LogP contribution is -2.28. The maximum Gasteiger partial charge on any atom is 0.264 e. The smallest absolute Gasteiger partial charge is 0.264 e. The summed E-state index contributed by atoms with van der Waals surface area (Å²) in [5, 5.41) is 11.2. The molecule has 1 heterocycles. The molecule has 92 valence electrons. The first-order valence-electron chi connectivity index (χ1n) is 5.39. The Morgan fingerprint density at radius 3 is 2.94 bits per heavy atom. The molecule has 0 saturated carbocycles. The molecule has 16 heavy (non-hydrogen) atoms. The number of thioether (sulfide) groups is 1. The molecule has 0 aromatic carbocycles. The van der Waals surface area contributed by atoms with E-state index in [-0.39, 0.29) is 4.92 Å². The molecule has 0 spiro atoms. The summed E-state index contributed by atoms with van der Waals surface area (Å²) in [6.07, 6.45) is 4.00. The van der Waals surface area contributed by atoms with E-state index in [1.165, 1.54) is 11.8 Å². The number of hydrogen-bond acceptors (Lipinski definition) is 5. The fourth-order valence-electron chi connectivity index (χ4n) is 1.77. The van der Waals surface area contributed by atoms with Gasteiger partial charge in [-0.05, 0) is 19.6 Å². The third-order valence-corrected chi connectivity index (χ3v) is 3.40. The fourth-order valence-corrected chi connectivity index (χ4v) is 2.42. The Hall–Kier alpha value is -0.750. The van der Waals surface area contributed by atoms with Gasteiger partial charge in [-0.1, -0.05) is 0 Å². The highest BCUT2D eigenvalue weighted by Gasteiger charge is 2.20. The van der Waals surface area contributed by atoms with Gasteiger partial charge in [0.1, 0.15) is 5.03 Å². The topological polar surface area (TPSA) is 55.6 Å². The Morgan fingerprint density at radius 1 is 1.75 bits per heavy atom. The summed E-state index contributed by atoms with van der Waals surface area (Å²) in [4.78, 5) is 12.1. The van der Waals surface area contributed by atoms with Gasteiger partial charge in [-0.2, -0.15) is 0 Å². The van der Waals surface area contributed by atoms with Crippen molar-refractivity contribution in [1.29, 1.82) is 0 Å². The first kappa shape index (κ1) is 13.3. The van der Waals surface area contributed by atoms with Crippen LogP contribution in [0.3, 0.4) is 0 Å². The number of hydrogen-bond donors (Lipinski definition) is 0. The standard InChI is InChI=1S/C10H18N2O3S/c1-3-11(6-9-4-5-15-8-9)10(16-2)7-12(13)14/h7,9H,3-6,8H2,1-2H3/b10-7-. The summed E-state index contributed by atoms with van der Waals surface area (Å²) in [6, 6.07) is 0. The van der Waals surface area contributed by atoms with Crippen LogP contribution in [-0.4, -0.2) is 42.4 Å². The van der Waals surface area contributed by atoms with E-state index in [1.54, 1.807) is 0 Å². The second kappa shape index (κ2) is 6.75. The van der Waals surface area contributed by atoms with Crippen LogP contribution in [0.5, 0.6) is 0 Å². The van der Waals surface area contributed by atoms with Crippen molar-refractivity contribution in [2.45, 2.75) is 13.3 Å². The van der Waals surface area contributed by atoms with Gasteiger partial charge in [-0.25, -0.2) is 0 Å². The van der Waals surface area contributed by atoms with Crippen LogP contribution < -0.4 is 0 Å².